The average molecular weight is 201 g/mol. The van der Waals surface area contributed by atoms with Crippen LogP contribution < -0.4 is 5.32 Å². The molecule has 4 nitrogen and oxygen atoms in total. The molecule has 0 bridgehead atoms. The zero-order valence-corrected chi connectivity index (χ0v) is 8.13. The van der Waals surface area contributed by atoms with E-state index in [1.165, 1.54) is 6.21 Å². The number of nitrogens with zero attached hydrogens (tertiary/aromatic N) is 2. The molecule has 0 heterocycles. The van der Waals surface area contributed by atoms with Crippen LogP contribution in [0.4, 0.5) is 5.69 Å². The first kappa shape index (κ1) is 10.9. The van der Waals surface area contributed by atoms with Crippen molar-refractivity contribution in [3.8, 4) is 6.07 Å². The summed E-state index contributed by atoms with van der Waals surface area (Å²) in [5.41, 5.74) is 0.795. The molecule has 1 rings (SSSR count). The summed E-state index contributed by atoms with van der Waals surface area (Å²) in [4.78, 5) is 14.2. The molecule has 0 fully saturated rings. The number of nitrogens with one attached hydrogen (secondary N) is 1. The second kappa shape index (κ2) is 6.33. The Morgan fingerprint density at radius 2 is 2.20 bits per heavy atom. The summed E-state index contributed by atoms with van der Waals surface area (Å²) in [5.74, 6) is -0.393. The van der Waals surface area contributed by atoms with Gasteiger partial charge in [-0.3, -0.25) is 9.79 Å². The summed E-state index contributed by atoms with van der Waals surface area (Å²) < 4.78 is 0. The van der Waals surface area contributed by atoms with Crippen LogP contribution in [0.3, 0.4) is 0 Å². The van der Waals surface area contributed by atoms with Gasteiger partial charge in [0.15, 0.2) is 0 Å². The molecule has 0 aliphatic carbocycles. The van der Waals surface area contributed by atoms with Crippen molar-refractivity contribution in [2.24, 2.45) is 10.9 Å². The smallest absolute Gasteiger partial charge is 0.207 e. The van der Waals surface area contributed by atoms with Gasteiger partial charge < -0.3 is 5.32 Å². The first-order valence-electron chi connectivity index (χ1n) is 4.52. The fraction of sp³-hybridized carbons (Fsp3) is 0.182. The van der Waals surface area contributed by atoms with Crippen LogP contribution in [-0.4, -0.2) is 19.2 Å². The Labute approximate surface area is 88.3 Å². The largest absolute Gasteiger partial charge is 0.357 e. The van der Waals surface area contributed by atoms with Gasteiger partial charge in [0.2, 0.25) is 6.41 Å². The second-order valence-electron chi connectivity index (χ2n) is 2.88. The fourth-order valence-electron chi connectivity index (χ4n) is 0.997. The van der Waals surface area contributed by atoms with Gasteiger partial charge in [-0.15, -0.1) is 0 Å². The van der Waals surface area contributed by atoms with Crippen LogP contribution in [0.1, 0.15) is 0 Å². The van der Waals surface area contributed by atoms with Crippen LogP contribution in [0.5, 0.6) is 0 Å². The van der Waals surface area contributed by atoms with Gasteiger partial charge in [0.05, 0.1) is 17.7 Å². The van der Waals surface area contributed by atoms with Gasteiger partial charge in [-0.25, -0.2) is 0 Å². The summed E-state index contributed by atoms with van der Waals surface area (Å²) >= 11 is 0. The van der Waals surface area contributed by atoms with Crippen LogP contribution in [0.15, 0.2) is 35.3 Å². The van der Waals surface area contributed by atoms with Crippen LogP contribution in [0.25, 0.3) is 0 Å². The molecule has 1 atom stereocenters. The van der Waals surface area contributed by atoms with Crippen LogP contribution in [0, 0.1) is 17.2 Å². The zero-order chi connectivity index (χ0) is 10.9. The molecule has 76 valence electrons. The van der Waals surface area contributed by atoms with E-state index in [0.717, 1.165) is 5.69 Å². The van der Waals surface area contributed by atoms with E-state index in [1.54, 1.807) is 0 Å². The van der Waals surface area contributed by atoms with Crippen molar-refractivity contribution < 1.29 is 4.79 Å². The van der Waals surface area contributed by atoms with Gasteiger partial charge in [0.1, 0.15) is 0 Å². The molecule has 1 amide bonds. The third kappa shape index (κ3) is 4.05. The zero-order valence-electron chi connectivity index (χ0n) is 8.13. The molecular weight excluding hydrogens is 190 g/mol. The van der Waals surface area contributed by atoms with Gasteiger partial charge in [0, 0.05) is 12.8 Å². The standard InChI is InChI=1S/C11H11N3O/c12-6-10(7-13-9-15)8-14-11-4-2-1-3-5-11/h1-5,8-10H,7H2,(H,13,15). The predicted octanol–water partition coefficient (Wildman–Crippen LogP) is 1.27. The van der Waals surface area contributed by atoms with Crippen LogP contribution in [0.2, 0.25) is 0 Å². The summed E-state index contributed by atoms with van der Waals surface area (Å²) in [6.45, 7) is 0.288. The molecule has 1 unspecified atom stereocenters. The van der Waals surface area contributed by atoms with Crippen molar-refractivity contribution >= 4 is 18.3 Å². The molecule has 0 aliphatic rings. The number of aliphatic imine (C=N–C) groups is 1. The highest BCUT2D eigenvalue weighted by Crippen LogP contribution is 2.09. The Morgan fingerprint density at radius 3 is 2.80 bits per heavy atom. The lowest BCUT2D eigenvalue weighted by atomic mass is 10.2. The lowest BCUT2D eigenvalue weighted by Gasteiger charge is -2.00. The Balaban J connectivity index is 2.55. The topological polar surface area (TPSA) is 65.2 Å². The van der Waals surface area contributed by atoms with E-state index >= 15 is 0 Å². The quantitative estimate of drug-likeness (QED) is 0.576. The third-order valence-corrected chi connectivity index (χ3v) is 1.75. The minimum absolute atomic E-state index is 0.288. The Morgan fingerprint density at radius 1 is 1.47 bits per heavy atom. The maximum absolute atomic E-state index is 10.0. The van der Waals surface area contributed by atoms with Gasteiger partial charge in [-0.1, -0.05) is 18.2 Å². The Bertz CT molecular complexity index is 367. The van der Waals surface area contributed by atoms with Crippen molar-refractivity contribution in [2.45, 2.75) is 0 Å². The molecule has 4 heteroatoms. The van der Waals surface area contributed by atoms with Crippen molar-refractivity contribution in [2.75, 3.05) is 6.54 Å². The highest BCUT2D eigenvalue weighted by molar-refractivity contribution is 5.69. The molecule has 1 aromatic rings. The Kier molecular flexibility index (Phi) is 4.61. The molecule has 0 spiro atoms. The normalized spacial score (nSPS) is 11.9. The molecule has 15 heavy (non-hydrogen) atoms. The first-order chi connectivity index (χ1) is 7.36. The molecule has 0 aromatic heterocycles. The van der Waals surface area contributed by atoms with E-state index in [-0.39, 0.29) is 6.54 Å². The predicted molar refractivity (Wildman–Crippen MR) is 57.8 cm³/mol. The monoisotopic (exact) mass is 201 g/mol. The average Bonchev–Trinajstić information content (AvgIpc) is 2.31. The van der Waals surface area contributed by atoms with Gasteiger partial charge >= 0.3 is 0 Å². The molecule has 1 aromatic carbocycles. The molecular formula is C11H11N3O. The van der Waals surface area contributed by atoms with Crippen LogP contribution in [-0.2, 0) is 4.79 Å². The number of amides is 1. The highest BCUT2D eigenvalue weighted by Gasteiger charge is 2.01. The number of carbonyl (C=O) groups excluding carboxylic acids is 1. The fourth-order valence-corrected chi connectivity index (χ4v) is 0.997. The molecule has 0 saturated carbocycles. The molecule has 0 saturated heterocycles. The van der Waals surface area contributed by atoms with E-state index in [1.807, 2.05) is 36.4 Å². The van der Waals surface area contributed by atoms with Crippen molar-refractivity contribution in [3.05, 3.63) is 30.3 Å². The number of carbonyl (C=O) groups is 1. The number of nitriles is 1. The summed E-state index contributed by atoms with van der Waals surface area (Å²) in [6.07, 6.45) is 2.10. The second-order valence-corrected chi connectivity index (χ2v) is 2.88. The van der Waals surface area contributed by atoms with Crippen molar-refractivity contribution in [3.63, 3.8) is 0 Å². The third-order valence-electron chi connectivity index (χ3n) is 1.75. The van der Waals surface area contributed by atoms with Crippen molar-refractivity contribution in [1.82, 2.24) is 5.32 Å². The first-order valence-corrected chi connectivity index (χ1v) is 4.52. The maximum Gasteiger partial charge on any atom is 0.207 e. The highest BCUT2D eigenvalue weighted by atomic mass is 16.1. The van der Waals surface area contributed by atoms with E-state index in [2.05, 4.69) is 10.3 Å². The van der Waals surface area contributed by atoms with Gasteiger partial charge in [-0.05, 0) is 12.1 Å². The number of hydrogen-bond donors (Lipinski definition) is 1. The maximum atomic E-state index is 10.0. The molecule has 0 aliphatic heterocycles. The number of para-hydroxylation sites is 1. The lowest BCUT2D eigenvalue weighted by Crippen LogP contribution is -2.20. The summed E-state index contributed by atoms with van der Waals surface area (Å²) in [7, 11) is 0. The Hall–Kier alpha value is -2.15. The molecule has 0 radical (unpaired) electrons. The summed E-state index contributed by atoms with van der Waals surface area (Å²) in [5, 5.41) is 11.2. The van der Waals surface area contributed by atoms with Crippen molar-refractivity contribution in [1.29, 1.82) is 5.26 Å². The van der Waals surface area contributed by atoms with Gasteiger partial charge in [0.25, 0.3) is 0 Å². The number of rotatable bonds is 5. The van der Waals surface area contributed by atoms with E-state index in [4.69, 9.17) is 5.26 Å². The molecule has 1 N–H and O–H groups in total. The minimum Gasteiger partial charge on any atom is -0.357 e. The lowest BCUT2D eigenvalue weighted by molar-refractivity contribution is -0.109. The number of hydrogen-bond acceptors (Lipinski definition) is 3. The number of benzene rings is 1. The van der Waals surface area contributed by atoms with E-state index < -0.39 is 5.92 Å². The SMILES string of the molecule is N#CC(C=Nc1ccccc1)CNC=O. The van der Waals surface area contributed by atoms with E-state index in [9.17, 15) is 4.79 Å². The van der Waals surface area contributed by atoms with Crippen LogP contribution >= 0.6 is 0 Å². The van der Waals surface area contributed by atoms with Gasteiger partial charge in [-0.2, -0.15) is 5.26 Å². The summed E-state index contributed by atoms with van der Waals surface area (Å²) in [6, 6.07) is 11.4. The van der Waals surface area contributed by atoms with E-state index in [0.29, 0.717) is 6.41 Å². The minimum atomic E-state index is -0.393.